The van der Waals surface area contributed by atoms with Crippen LogP contribution in [-0.4, -0.2) is 23.0 Å². The van der Waals surface area contributed by atoms with Gasteiger partial charge < -0.3 is 4.98 Å². The molecule has 1 N–H and O–H groups in total. The Balaban J connectivity index is 2.13. The van der Waals surface area contributed by atoms with Crippen LogP contribution in [-0.2, 0) is 13.0 Å². The minimum atomic E-state index is 0.0395. The summed E-state index contributed by atoms with van der Waals surface area (Å²) in [6.07, 6.45) is 3.47. The standard InChI is InChI=1S/C16H20N2O/c1-2-15-14(11-18-9-5-6-10-18)12-7-3-4-8-13(12)16(19)17-15/h3-4,7-8H,2,5-6,9-11H2,1H3,(H,17,19). The van der Waals surface area contributed by atoms with Crippen LogP contribution in [0.15, 0.2) is 29.1 Å². The summed E-state index contributed by atoms with van der Waals surface area (Å²) in [6.45, 7) is 5.42. The molecule has 1 saturated heterocycles. The van der Waals surface area contributed by atoms with Crippen molar-refractivity contribution in [2.45, 2.75) is 32.7 Å². The van der Waals surface area contributed by atoms with Crippen LogP contribution < -0.4 is 5.56 Å². The zero-order valence-electron chi connectivity index (χ0n) is 11.4. The molecule has 0 spiro atoms. The lowest BCUT2D eigenvalue weighted by molar-refractivity contribution is 0.331. The Bertz CT molecular complexity index is 639. The lowest BCUT2D eigenvalue weighted by Crippen LogP contribution is -2.22. The highest BCUT2D eigenvalue weighted by molar-refractivity contribution is 5.85. The number of aromatic amines is 1. The Labute approximate surface area is 113 Å². The lowest BCUT2D eigenvalue weighted by Gasteiger charge is -2.18. The number of aryl methyl sites for hydroxylation is 1. The molecule has 1 aliphatic heterocycles. The number of nitrogens with zero attached hydrogens (tertiary/aromatic N) is 1. The first-order valence-corrected chi connectivity index (χ1v) is 7.14. The monoisotopic (exact) mass is 256 g/mol. The average Bonchev–Trinajstić information content (AvgIpc) is 2.95. The van der Waals surface area contributed by atoms with E-state index in [0.29, 0.717) is 0 Å². The molecule has 1 aliphatic rings. The van der Waals surface area contributed by atoms with Crippen LogP contribution in [0.25, 0.3) is 10.8 Å². The van der Waals surface area contributed by atoms with Gasteiger partial charge in [-0.1, -0.05) is 25.1 Å². The van der Waals surface area contributed by atoms with E-state index in [0.717, 1.165) is 29.4 Å². The van der Waals surface area contributed by atoms with E-state index < -0.39 is 0 Å². The maximum Gasteiger partial charge on any atom is 0.256 e. The molecule has 100 valence electrons. The molecule has 2 heterocycles. The van der Waals surface area contributed by atoms with E-state index in [2.05, 4.69) is 22.9 Å². The van der Waals surface area contributed by atoms with Crippen molar-refractivity contribution in [1.29, 1.82) is 0 Å². The first kappa shape index (κ1) is 12.4. The summed E-state index contributed by atoms with van der Waals surface area (Å²) in [4.78, 5) is 17.6. The number of fused-ring (bicyclic) bond motifs is 1. The fourth-order valence-electron chi connectivity index (χ4n) is 3.03. The molecule has 3 nitrogen and oxygen atoms in total. The molecule has 0 atom stereocenters. The number of nitrogens with one attached hydrogen (secondary N) is 1. The molecule has 0 saturated carbocycles. The fraction of sp³-hybridized carbons (Fsp3) is 0.438. The number of rotatable bonds is 3. The van der Waals surface area contributed by atoms with Gasteiger partial charge in [0.05, 0.1) is 0 Å². The number of aromatic nitrogens is 1. The van der Waals surface area contributed by atoms with Gasteiger partial charge in [0, 0.05) is 17.6 Å². The minimum absolute atomic E-state index is 0.0395. The Hall–Kier alpha value is -1.61. The molecular weight excluding hydrogens is 236 g/mol. The summed E-state index contributed by atoms with van der Waals surface area (Å²) >= 11 is 0. The van der Waals surface area contributed by atoms with Crippen molar-refractivity contribution in [3.05, 3.63) is 45.9 Å². The number of pyridine rings is 1. The number of hydrogen-bond donors (Lipinski definition) is 1. The maximum atomic E-state index is 12.1. The van der Waals surface area contributed by atoms with Crippen molar-refractivity contribution in [2.75, 3.05) is 13.1 Å². The second kappa shape index (κ2) is 5.17. The highest BCUT2D eigenvalue weighted by Gasteiger charge is 2.16. The Morgan fingerprint density at radius 1 is 1.16 bits per heavy atom. The summed E-state index contributed by atoms with van der Waals surface area (Å²) < 4.78 is 0. The van der Waals surface area contributed by atoms with E-state index in [1.165, 1.54) is 31.5 Å². The minimum Gasteiger partial charge on any atom is -0.325 e. The quantitative estimate of drug-likeness (QED) is 0.916. The molecule has 0 unspecified atom stereocenters. The number of H-pyrrole nitrogens is 1. The van der Waals surface area contributed by atoms with Gasteiger partial charge in [-0.15, -0.1) is 0 Å². The summed E-state index contributed by atoms with van der Waals surface area (Å²) in [6, 6.07) is 7.95. The molecule has 0 radical (unpaired) electrons. The Morgan fingerprint density at radius 3 is 2.53 bits per heavy atom. The molecule has 0 amide bonds. The largest absolute Gasteiger partial charge is 0.325 e. The van der Waals surface area contributed by atoms with Gasteiger partial charge in [-0.2, -0.15) is 0 Å². The predicted molar refractivity (Wildman–Crippen MR) is 78.5 cm³/mol. The van der Waals surface area contributed by atoms with Gasteiger partial charge in [0.15, 0.2) is 0 Å². The summed E-state index contributed by atoms with van der Waals surface area (Å²) in [7, 11) is 0. The van der Waals surface area contributed by atoms with Crippen LogP contribution in [0.5, 0.6) is 0 Å². The van der Waals surface area contributed by atoms with Crippen molar-refractivity contribution < 1.29 is 0 Å². The molecule has 0 aliphatic carbocycles. The third kappa shape index (κ3) is 2.30. The Kier molecular flexibility index (Phi) is 3.38. The van der Waals surface area contributed by atoms with Gasteiger partial charge in [0.1, 0.15) is 0 Å². The highest BCUT2D eigenvalue weighted by atomic mass is 16.1. The van der Waals surface area contributed by atoms with Crippen molar-refractivity contribution in [3.63, 3.8) is 0 Å². The zero-order chi connectivity index (χ0) is 13.2. The molecule has 1 aromatic heterocycles. The molecule has 1 aromatic carbocycles. The van der Waals surface area contributed by atoms with Gasteiger partial charge in [-0.25, -0.2) is 0 Å². The van der Waals surface area contributed by atoms with Crippen LogP contribution in [0.3, 0.4) is 0 Å². The van der Waals surface area contributed by atoms with E-state index in [1.54, 1.807) is 0 Å². The van der Waals surface area contributed by atoms with Crippen LogP contribution in [0.4, 0.5) is 0 Å². The SMILES string of the molecule is CCc1[nH]c(=O)c2ccccc2c1CN1CCCC1. The summed E-state index contributed by atoms with van der Waals surface area (Å²) in [5.74, 6) is 0. The molecule has 2 aromatic rings. The highest BCUT2D eigenvalue weighted by Crippen LogP contribution is 2.22. The van der Waals surface area contributed by atoms with Crippen molar-refractivity contribution in [1.82, 2.24) is 9.88 Å². The molecule has 19 heavy (non-hydrogen) atoms. The number of hydrogen-bond acceptors (Lipinski definition) is 2. The van der Waals surface area contributed by atoms with Gasteiger partial charge in [-0.05, 0) is 49.4 Å². The molecule has 0 bridgehead atoms. The average molecular weight is 256 g/mol. The first-order valence-electron chi connectivity index (χ1n) is 7.14. The first-order chi connectivity index (χ1) is 9.29. The van der Waals surface area contributed by atoms with Crippen LogP contribution in [0.1, 0.15) is 31.0 Å². The Morgan fingerprint density at radius 2 is 1.84 bits per heavy atom. The summed E-state index contributed by atoms with van der Waals surface area (Å²) in [5, 5.41) is 1.93. The lowest BCUT2D eigenvalue weighted by atomic mass is 10.0. The molecule has 3 heteroatoms. The second-order valence-electron chi connectivity index (χ2n) is 5.29. The van der Waals surface area contributed by atoms with E-state index in [4.69, 9.17) is 0 Å². The van der Waals surface area contributed by atoms with Gasteiger partial charge in [0.25, 0.3) is 5.56 Å². The van der Waals surface area contributed by atoms with Crippen molar-refractivity contribution in [3.8, 4) is 0 Å². The van der Waals surface area contributed by atoms with Crippen molar-refractivity contribution in [2.24, 2.45) is 0 Å². The van der Waals surface area contributed by atoms with E-state index in [1.807, 2.05) is 18.2 Å². The molecule has 1 fully saturated rings. The third-order valence-corrected chi connectivity index (χ3v) is 4.06. The topological polar surface area (TPSA) is 36.1 Å². The van der Waals surface area contributed by atoms with E-state index >= 15 is 0 Å². The van der Waals surface area contributed by atoms with Crippen LogP contribution in [0, 0.1) is 0 Å². The van der Waals surface area contributed by atoms with Gasteiger partial charge >= 0.3 is 0 Å². The maximum absolute atomic E-state index is 12.1. The molecule has 3 rings (SSSR count). The smallest absolute Gasteiger partial charge is 0.256 e. The number of likely N-dealkylation sites (tertiary alicyclic amines) is 1. The van der Waals surface area contributed by atoms with Crippen LogP contribution in [0.2, 0.25) is 0 Å². The van der Waals surface area contributed by atoms with E-state index in [9.17, 15) is 4.79 Å². The van der Waals surface area contributed by atoms with E-state index in [-0.39, 0.29) is 5.56 Å². The van der Waals surface area contributed by atoms with Gasteiger partial charge in [-0.3, -0.25) is 9.69 Å². The van der Waals surface area contributed by atoms with Crippen LogP contribution >= 0.6 is 0 Å². The molecular formula is C16H20N2O. The van der Waals surface area contributed by atoms with Crippen molar-refractivity contribution >= 4 is 10.8 Å². The fourth-order valence-corrected chi connectivity index (χ4v) is 3.03. The summed E-state index contributed by atoms with van der Waals surface area (Å²) in [5.41, 5.74) is 2.44. The normalized spacial score (nSPS) is 16.3. The predicted octanol–water partition coefficient (Wildman–Crippen LogP) is 2.69. The number of benzene rings is 1. The zero-order valence-corrected chi connectivity index (χ0v) is 11.4. The van der Waals surface area contributed by atoms with Gasteiger partial charge in [0.2, 0.25) is 0 Å². The second-order valence-corrected chi connectivity index (χ2v) is 5.29. The third-order valence-electron chi connectivity index (χ3n) is 4.06.